The minimum atomic E-state index is 0.00253. The molecule has 1 aliphatic rings. The maximum absolute atomic E-state index is 12.9. The molecule has 8 heteroatoms. The zero-order valence-corrected chi connectivity index (χ0v) is 16.9. The highest BCUT2D eigenvalue weighted by Crippen LogP contribution is 2.28. The number of aromatic nitrogens is 4. The highest BCUT2D eigenvalue weighted by molar-refractivity contribution is 5.95. The Labute approximate surface area is 169 Å². The van der Waals surface area contributed by atoms with Crippen molar-refractivity contribution in [2.45, 2.75) is 6.92 Å². The van der Waals surface area contributed by atoms with Crippen LogP contribution in [-0.4, -0.2) is 75.8 Å². The van der Waals surface area contributed by atoms with Crippen molar-refractivity contribution in [1.29, 1.82) is 0 Å². The molecule has 29 heavy (non-hydrogen) atoms. The lowest BCUT2D eigenvalue weighted by molar-refractivity contribution is 0.0663. The fourth-order valence-corrected chi connectivity index (χ4v) is 3.46. The third-order valence-electron chi connectivity index (χ3n) is 5.25. The Balaban J connectivity index is 1.64. The van der Waals surface area contributed by atoms with E-state index in [1.54, 1.807) is 24.2 Å². The highest BCUT2D eigenvalue weighted by Gasteiger charge is 2.24. The third-order valence-corrected chi connectivity index (χ3v) is 5.25. The van der Waals surface area contributed by atoms with Crippen molar-refractivity contribution >= 4 is 5.91 Å². The fourth-order valence-electron chi connectivity index (χ4n) is 3.46. The van der Waals surface area contributed by atoms with Gasteiger partial charge in [-0.25, -0.2) is 14.6 Å². The highest BCUT2D eigenvalue weighted by atomic mass is 16.5. The number of amides is 1. The first kappa shape index (κ1) is 19.1. The summed E-state index contributed by atoms with van der Waals surface area (Å²) in [6, 6.07) is 9.52. The van der Waals surface area contributed by atoms with E-state index in [2.05, 4.69) is 27.0 Å². The van der Waals surface area contributed by atoms with Crippen LogP contribution in [0.15, 0.2) is 42.7 Å². The lowest BCUT2D eigenvalue weighted by atomic mass is 10.1. The largest absolute Gasteiger partial charge is 0.496 e. The van der Waals surface area contributed by atoms with Gasteiger partial charge in [0.25, 0.3) is 11.9 Å². The number of piperazine rings is 1. The molecule has 1 aliphatic heterocycles. The molecule has 1 amide bonds. The topological polar surface area (TPSA) is 76.4 Å². The molecule has 0 spiro atoms. The van der Waals surface area contributed by atoms with Gasteiger partial charge in [-0.15, -0.1) is 0 Å². The van der Waals surface area contributed by atoms with Gasteiger partial charge in [0.2, 0.25) is 0 Å². The average Bonchev–Trinajstić information content (AvgIpc) is 3.15. The maximum Gasteiger partial charge on any atom is 0.257 e. The molecule has 0 saturated carbocycles. The number of rotatable bonds is 4. The monoisotopic (exact) mass is 392 g/mol. The van der Waals surface area contributed by atoms with Gasteiger partial charge in [-0.1, -0.05) is 12.1 Å². The van der Waals surface area contributed by atoms with Crippen LogP contribution in [0.1, 0.15) is 16.1 Å². The van der Waals surface area contributed by atoms with Gasteiger partial charge in [0, 0.05) is 37.9 Å². The summed E-state index contributed by atoms with van der Waals surface area (Å²) in [6.45, 7) is 5.07. The van der Waals surface area contributed by atoms with Crippen molar-refractivity contribution in [1.82, 2.24) is 29.5 Å². The van der Waals surface area contributed by atoms with Gasteiger partial charge in [-0.2, -0.15) is 5.10 Å². The van der Waals surface area contributed by atoms with Crippen LogP contribution < -0.4 is 4.74 Å². The first-order valence-electron chi connectivity index (χ1n) is 9.57. The number of para-hydroxylation sites is 1. The summed E-state index contributed by atoms with van der Waals surface area (Å²) in [6.07, 6.45) is 3.29. The maximum atomic E-state index is 12.9. The molecule has 0 aliphatic carbocycles. The van der Waals surface area contributed by atoms with Gasteiger partial charge in [-0.05, 0) is 32.2 Å². The van der Waals surface area contributed by atoms with E-state index in [4.69, 9.17) is 4.74 Å². The molecule has 1 saturated heterocycles. The molecule has 150 valence electrons. The molecule has 4 rings (SSSR count). The summed E-state index contributed by atoms with van der Waals surface area (Å²) in [7, 11) is 3.70. The zero-order chi connectivity index (χ0) is 20.4. The van der Waals surface area contributed by atoms with Crippen molar-refractivity contribution in [2.24, 2.45) is 0 Å². The van der Waals surface area contributed by atoms with E-state index in [0.29, 0.717) is 11.5 Å². The van der Waals surface area contributed by atoms with E-state index in [0.717, 1.165) is 48.9 Å². The lowest BCUT2D eigenvalue weighted by Crippen LogP contribution is -2.47. The van der Waals surface area contributed by atoms with Crippen LogP contribution in [0, 0.1) is 6.92 Å². The second kappa shape index (κ2) is 8.00. The summed E-state index contributed by atoms with van der Waals surface area (Å²) in [5.41, 5.74) is 2.92. The van der Waals surface area contributed by atoms with Crippen molar-refractivity contribution in [3.63, 3.8) is 0 Å². The van der Waals surface area contributed by atoms with Crippen LogP contribution in [0.4, 0.5) is 0 Å². The van der Waals surface area contributed by atoms with Crippen LogP contribution in [0.2, 0.25) is 0 Å². The van der Waals surface area contributed by atoms with Gasteiger partial charge in [0.1, 0.15) is 5.75 Å². The number of hydrogen-bond acceptors (Lipinski definition) is 6. The summed E-state index contributed by atoms with van der Waals surface area (Å²) in [4.78, 5) is 26.1. The van der Waals surface area contributed by atoms with Crippen LogP contribution in [0.5, 0.6) is 5.75 Å². The Morgan fingerprint density at radius 1 is 1.10 bits per heavy atom. The number of benzene rings is 1. The van der Waals surface area contributed by atoms with Crippen LogP contribution in [0.3, 0.4) is 0 Å². The minimum Gasteiger partial charge on any atom is -0.496 e. The van der Waals surface area contributed by atoms with Crippen LogP contribution in [-0.2, 0) is 0 Å². The van der Waals surface area contributed by atoms with Gasteiger partial charge < -0.3 is 14.5 Å². The van der Waals surface area contributed by atoms with E-state index in [9.17, 15) is 4.79 Å². The SMILES string of the molecule is COc1ccccc1-c1ccnc(-n2ncc(C(=O)N3CCN(C)CC3)c2C)n1. The number of hydrogen-bond donors (Lipinski definition) is 0. The Morgan fingerprint density at radius 3 is 2.62 bits per heavy atom. The quantitative estimate of drug-likeness (QED) is 0.676. The first-order valence-corrected chi connectivity index (χ1v) is 9.57. The van der Waals surface area contributed by atoms with E-state index in [1.165, 1.54) is 0 Å². The lowest BCUT2D eigenvalue weighted by Gasteiger charge is -2.32. The zero-order valence-electron chi connectivity index (χ0n) is 16.9. The molecule has 0 bridgehead atoms. The second-order valence-corrected chi connectivity index (χ2v) is 7.09. The minimum absolute atomic E-state index is 0.00253. The number of nitrogens with zero attached hydrogens (tertiary/aromatic N) is 6. The molecule has 0 radical (unpaired) electrons. The van der Waals surface area contributed by atoms with Gasteiger partial charge >= 0.3 is 0 Å². The van der Waals surface area contributed by atoms with Gasteiger partial charge in [-0.3, -0.25) is 4.79 Å². The summed E-state index contributed by atoms with van der Waals surface area (Å²) in [5, 5.41) is 4.40. The number of likely N-dealkylation sites (N-methyl/N-ethyl adjacent to an activating group) is 1. The number of methoxy groups -OCH3 is 1. The van der Waals surface area contributed by atoms with E-state index in [-0.39, 0.29) is 5.91 Å². The molecular formula is C21H24N6O2. The molecule has 1 fully saturated rings. The number of carbonyl (C=O) groups is 1. The second-order valence-electron chi connectivity index (χ2n) is 7.09. The summed E-state index contributed by atoms with van der Waals surface area (Å²) < 4.78 is 7.06. The molecule has 0 unspecified atom stereocenters. The normalized spacial score (nSPS) is 14.8. The Morgan fingerprint density at radius 2 is 1.86 bits per heavy atom. The number of ether oxygens (including phenoxy) is 1. The van der Waals surface area contributed by atoms with Crippen molar-refractivity contribution < 1.29 is 9.53 Å². The van der Waals surface area contributed by atoms with Gasteiger partial charge in [0.05, 0.1) is 30.3 Å². The molecule has 0 N–H and O–H groups in total. The smallest absolute Gasteiger partial charge is 0.257 e. The first-order chi connectivity index (χ1) is 14.1. The molecule has 1 aromatic carbocycles. The average molecular weight is 392 g/mol. The predicted molar refractivity (Wildman–Crippen MR) is 109 cm³/mol. The van der Waals surface area contributed by atoms with Crippen molar-refractivity contribution in [3.8, 4) is 23.0 Å². The van der Waals surface area contributed by atoms with E-state index < -0.39 is 0 Å². The third kappa shape index (κ3) is 3.71. The molecule has 0 atom stereocenters. The standard InChI is InChI=1S/C21H24N6O2/c1-15-17(20(28)26-12-10-25(2)11-13-26)14-23-27(15)21-22-9-8-18(24-21)16-6-4-5-7-19(16)29-3/h4-9,14H,10-13H2,1-3H3. The van der Waals surface area contributed by atoms with Gasteiger partial charge in [0.15, 0.2) is 0 Å². The summed E-state index contributed by atoms with van der Waals surface area (Å²) >= 11 is 0. The van der Waals surface area contributed by atoms with Crippen LogP contribution in [0.25, 0.3) is 17.2 Å². The molecular weight excluding hydrogens is 368 g/mol. The van der Waals surface area contributed by atoms with E-state index >= 15 is 0 Å². The molecule has 3 aromatic rings. The fraction of sp³-hybridized carbons (Fsp3) is 0.333. The molecule has 3 heterocycles. The Bertz CT molecular complexity index is 1020. The molecule has 2 aromatic heterocycles. The Hall–Kier alpha value is -3.26. The van der Waals surface area contributed by atoms with Crippen molar-refractivity contribution in [2.75, 3.05) is 40.3 Å². The Kier molecular flexibility index (Phi) is 5.26. The molecule has 8 nitrogen and oxygen atoms in total. The van der Waals surface area contributed by atoms with Crippen molar-refractivity contribution in [3.05, 3.63) is 54.0 Å². The summed E-state index contributed by atoms with van der Waals surface area (Å²) in [5.74, 6) is 1.16. The number of carbonyl (C=O) groups excluding carboxylic acids is 1. The predicted octanol–water partition coefficient (Wildman–Crippen LogP) is 2.03. The van der Waals surface area contributed by atoms with E-state index in [1.807, 2.05) is 42.2 Å². The van der Waals surface area contributed by atoms with Crippen LogP contribution >= 0.6 is 0 Å².